The third kappa shape index (κ3) is 4.60. The zero-order chi connectivity index (χ0) is 14.3. The summed E-state index contributed by atoms with van der Waals surface area (Å²) in [5, 5.41) is 1.09. The molecule has 1 heterocycles. The maximum absolute atomic E-state index is 4.60. The van der Waals surface area contributed by atoms with E-state index in [0.29, 0.717) is 0 Å². The first-order valence-electron chi connectivity index (χ1n) is 8.08. The molecule has 1 nitrogen and oxygen atoms in total. The van der Waals surface area contributed by atoms with Gasteiger partial charge in [-0.05, 0) is 42.5 Å². The van der Waals surface area contributed by atoms with E-state index < -0.39 is 0 Å². The van der Waals surface area contributed by atoms with E-state index in [-0.39, 0.29) is 0 Å². The first-order valence-corrected chi connectivity index (χ1v) is 8.89. The van der Waals surface area contributed by atoms with Crippen molar-refractivity contribution >= 4 is 11.8 Å². The highest BCUT2D eigenvalue weighted by molar-refractivity contribution is 7.99. The van der Waals surface area contributed by atoms with Gasteiger partial charge in [0.2, 0.25) is 0 Å². The predicted octanol–water partition coefficient (Wildman–Crippen LogP) is 5.75. The molecule has 0 spiro atoms. The molecule has 1 aromatic carbocycles. The Balaban J connectivity index is 1.51. The maximum Gasteiger partial charge on any atom is 0.101 e. The molecule has 3 rings (SSSR count). The van der Waals surface area contributed by atoms with Gasteiger partial charge in [-0.3, -0.25) is 0 Å². The van der Waals surface area contributed by atoms with E-state index in [2.05, 4.69) is 47.6 Å². The van der Waals surface area contributed by atoms with Crippen LogP contribution in [0, 0.1) is 5.92 Å². The number of benzene rings is 1. The molecule has 1 aliphatic rings. The molecular weight excluding hydrogens is 274 g/mol. The van der Waals surface area contributed by atoms with Crippen molar-refractivity contribution in [1.82, 2.24) is 4.98 Å². The van der Waals surface area contributed by atoms with Crippen LogP contribution in [-0.2, 0) is 6.42 Å². The van der Waals surface area contributed by atoms with Crippen molar-refractivity contribution in [3.05, 3.63) is 54.2 Å². The SMILES string of the molecule is c1ccc(Sc2ccc(CCC3CCCCC3)cn2)cc1. The third-order valence-electron chi connectivity index (χ3n) is 4.33. The Bertz CT molecular complexity index is 529. The topological polar surface area (TPSA) is 12.9 Å². The average molecular weight is 297 g/mol. The fraction of sp³-hybridized carbons (Fsp3) is 0.421. The molecule has 2 aromatic rings. The summed E-state index contributed by atoms with van der Waals surface area (Å²) < 4.78 is 0. The van der Waals surface area contributed by atoms with Crippen molar-refractivity contribution in [2.45, 2.75) is 54.9 Å². The van der Waals surface area contributed by atoms with E-state index >= 15 is 0 Å². The van der Waals surface area contributed by atoms with E-state index in [4.69, 9.17) is 0 Å². The minimum Gasteiger partial charge on any atom is -0.249 e. The van der Waals surface area contributed by atoms with E-state index in [1.807, 2.05) is 6.07 Å². The van der Waals surface area contributed by atoms with Gasteiger partial charge in [-0.25, -0.2) is 4.98 Å². The summed E-state index contributed by atoms with van der Waals surface area (Å²) in [6.07, 6.45) is 11.8. The zero-order valence-electron chi connectivity index (χ0n) is 12.5. The largest absolute Gasteiger partial charge is 0.249 e. The fourth-order valence-electron chi connectivity index (χ4n) is 3.08. The van der Waals surface area contributed by atoms with Crippen LogP contribution < -0.4 is 0 Å². The van der Waals surface area contributed by atoms with Gasteiger partial charge in [0.05, 0.1) is 0 Å². The molecule has 0 saturated heterocycles. The Morgan fingerprint density at radius 2 is 1.76 bits per heavy atom. The molecule has 1 aliphatic carbocycles. The number of pyridine rings is 1. The normalized spacial score (nSPS) is 16.0. The molecule has 110 valence electrons. The van der Waals surface area contributed by atoms with Crippen molar-refractivity contribution in [3.8, 4) is 0 Å². The number of rotatable bonds is 5. The van der Waals surface area contributed by atoms with Crippen LogP contribution in [-0.4, -0.2) is 4.98 Å². The fourth-order valence-corrected chi connectivity index (χ4v) is 3.85. The van der Waals surface area contributed by atoms with E-state index in [1.54, 1.807) is 11.8 Å². The lowest BCUT2D eigenvalue weighted by molar-refractivity contribution is 0.339. The van der Waals surface area contributed by atoms with Crippen molar-refractivity contribution in [1.29, 1.82) is 0 Å². The molecule has 2 heteroatoms. The van der Waals surface area contributed by atoms with Gasteiger partial charge in [-0.15, -0.1) is 0 Å². The van der Waals surface area contributed by atoms with Crippen molar-refractivity contribution in [2.75, 3.05) is 0 Å². The van der Waals surface area contributed by atoms with Crippen molar-refractivity contribution in [2.24, 2.45) is 5.92 Å². The predicted molar refractivity (Wildman–Crippen MR) is 89.7 cm³/mol. The van der Waals surface area contributed by atoms with E-state index in [1.165, 1.54) is 55.4 Å². The van der Waals surface area contributed by atoms with E-state index in [9.17, 15) is 0 Å². The summed E-state index contributed by atoms with van der Waals surface area (Å²) in [5.41, 5.74) is 1.39. The quantitative estimate of drug-likeness (QED) is 0.697. The van der Waals surface area contributed by atoms with Crippen LogP contribution >= 0.6 is 11.8 Å². The molecule has 0 atom stereocenters. The highest BCUT2D eigenvalue weighted by Gasteiger charge is 2.13. The Morgan fingerprint density at radius 1 is 0.952 bits per heavy atom. The van der Waals surface area contributed by atoms with Crippen LogP contribution in [0.25, 0.3) is 0 Å². The lowest BCUT2D eigenvalue weighted by Gasteiger charge is -2.21. The molecule has 0 aliphatic heterocycles. The highest BCUT2D eigenvalue weighted by Crippen LogP contribution is 2.28. The maximum atomic E-state index is 4.60. The molecule has 1 fully saturated rings. The standard InChI is InChI=1S/C19H23NS/c1-3-7-16(8-4-1)11-12-17-13-14-19(20-15-17)21-18-9-5-2-6-10-18/h2,5-6,9-10,13-16H,1,3-4,7-8,11-12H2. The number of aryl methyl sites for hydroxylation is 1. The Labute approximate surface area is 132 Å². The second-order valence-electron chi connectivity index (χ2n) is 5.96. The van der Waals surface area contributed by atoms with Gasteiger partial charge in [-0.1, -0.05) is 68.1 Å². The van der Waals surface area contributed by atoms with Crippen LogP contribution in [0.5, 0.6) is 0 Å². The second-order valence-corrected chi connectivity index (χ2v) is 7.06. The summed E-state index contributed by atoms with van der Waals surface area (Å²) in [6.45, 7) is 0. The lowest BCUT2D eigenvalue weighted by Crippen LogP contribution is -2.07. The molecule has 0 N–H and O–H groups in total. The molecule has 1 aromatic heterocycles. The number of nitrogens with zero attached hydrogens (tertiary/aromatic N) is 1. The molecule has 0 bridgehead atoms. The van der Waals surface area contributed by atoms with Gasteiger partial charge >= 0.3 is 0 Å². The number of aromatic nitrogens is 1. The van der Waals surface area contributed by atoms with Gasteiger partial charge in [0, 0.05) is 11.1 Å². The minimum absolute atomic E-state index is 0.956. The molecule has 1 saturated carbocycles. The summed E-state index contributed by atoms with van der Waals surface area (Å²) in [5.74, 6) is 0.956. The summed E-state index contributed by atoms with van der Waals surface area (Å²) in [7, 11) is 0. The molecule has 0 amide bonds. The first kappa shape index (κ1) is 14.6. The van der Waals surface area contributed by atoms with Gasteiger partial charge in [0.15, 0.2) is 0 Å². The van der Waals surface area contributed by atoms with Crippen LogP contribution in [0.4, 0.5) is 0 Å². The monoisotopic (exact) mass is 297 g/mol. The van der Waals surface area contributed by atoms with Crippen molar-refractivity contribution in [3.63, 3.8) is 0 Å². The van der Waals surface area contributed by atoms with Crippen molar-refractivity contribution < 1.29 is 0 Å². The van der Waals surface area contributed by atoms with Gasteiger partial charge in [0.25, 0.3) is 0 Å². The van der Waals surface area contributed by atoms with Crippen LogP contribution in [0.1, 0.15) is 44.1 Å². The smallest absolute Gasteiger partial charge is 0.101 e. The summed E-state index contributed by atoms with van der Waals surface area (Å²) in [4.78, 5) is 5.85. The summed E-state index contributed by atoms with van der Waals surface area (Å²) >= 11 is 1.73. The lowest BCUT2D eigenvalue weighted by atomic mass is 9.85. The molecule has 21 heavy (non-hydrogen) atoms. The number of hydrogen-bond acceptors (Lipinski definition) is 2. The Hall–Kier alpha value is -1.28. The number of hydrogen-bond donors (Lipinski definition) is 0. The van der Waals surface area contributed by atoms with E-state index in [0.717, 1.165) is 10.9 Å². The Morgan fingerprint density at radius 3 is 2.48 bits per heavy atom. The minimum atomic E-state index is 0.956. The third-order valence-corrected chi connectivity index (χ3v) is 5.29. The molecular formula is C19H23NS. The molecule has 0 unspecified atom stereocenters. The van der Waals surface area contributed by atoms with Gasteiger partial charge < -0.3 is 0 Å². The second kappa shape index (κ2) is 7.65. The first-order chi connectivity index (χ1) is 10.4. The zero-order valence-corrected chi connectivity index (χ0v) is 13.3. The summed E-state index contributed by atoms with van der Waals surface area (Å²) in [6, 6.07) is 14.9. The average Bonchev–Trinajstić information content (AvgIpc) is 2.56. The molecule has 0 radical (unpaired) electrons. The Kier molecular flexibility index (Phi) is 5.34. The van der Waals surface area contributed by atoms with Gasteiger partial charge in [0.1, 0.15) is 5.03 Å². The van der Waals surface area contributed by atoms with Crippen LogP contribution in [0.2, 0.25) is 0 Å². The van der Waals surface area contributed by atoms with Crippen LogP contribution in [0.3, 0.4) is 0 Å². The van der Waals surface area contributed by atoms with Crippen LogP contribution in [0.15, 0.2) is 58.6 Å². The van der Waals surface area contributed by atoms with Gasteiger partial charge in [-0.2, -0.15) is 0 Å². The highest BCUT2D eigenvalue weighted by atomic mass is 32.2.